The second-order valence-electron chi connectivity index (χ2n) is 7.07. The molecule has 28 heavy (non-hydrogen) atoms. The van der Waals surface area contributed by atoms with Crippen LogP contribution in [0.2, 0.25) is 0 Å². The molecule has 0 aliphatic carbocycles. The van der Waals surface area contributed by atoms with Gasteiger partial charge in [-0.2, -0.15) is 9.61 Å². The van der Waals surface area contributed by atoms with Crippen molar-refractivity contribution in [2.75, 3.05) is 18.8 Å². The Bertz CT molecular complexity index is 1140. The van der Waals surface area contributed by atoms with Crippen molar-refractivity contribution >= 4 is 11.6 Å². The van der Waals surface area contributed by atoms with Gasteiger partial charge in [-0.1, -0.05) is 0 Å². The summed E-state index contributed by atoms with van der Waals surface area (Å²) < 4.78 is 9.05. The molecule has 10 heteroatoms. The fourth-order valence-corrected chi connectivity index (χ4v) is 3.68. The van der Waals surface area contributed by atoms with E-state index in [9.17, 15) is 0 Å². The van der Waals surface area contributed by atoms with Gasteiger partial charge in [-0.3, -0.25) is 9.58 Å². The smallest absolute Gasteiger partial charge is 0.245 e. The standard InChI is InChI=1S/C18H21N9O/c1-11-9-13-10-25(6-7-26(13)23-11)5-3-14-21-16-12(2)15(17-20-4-8-28-17)22-18(19)27(16)24-14/h4,8-9H,3,5-7,10H2,1-2H3,(H2,19,22). The van der Waals surface area contributed by atoms with E-state index in [2.05, 4.69) is 35.8 Å². The van der Waals surface area contributed by atoms with Crippen molar-refractivity contribution in [3.8, 4) is 11.6 Å². The summed E-state index contributed by atoms with van der Waals surface area (Å²) in [6.07, 6.45) is 3.83. The topological polar surface area (TPSA) is 116 Å². The number of nitrogens with zero attached hydrogens (tertiary/aromatic N) is 8. The average molecular weight is 379 g/mol. The van der Waals surface area contributed by atoms with Gasteiger partial charge in [0.25, 0.3) is 0 Å². The third-order valence-corrected chi connectivity index (χ3v) is 5.07. The minimum atomic E-state index is 0.268. The van der Waals surface area contributed by atoms with Crippen LogP contribution in [0.1, 0.15) is 22.8 Å². The van der Waals surface area contributed by atoms with E-state index in [-0.39, 0.29) is 5.95 Å². The Balaban J connectivity index is 1.37. The van der Waals surface area contributed by atoms with Gasteiger partial charge in [0, 0.05) is 31.6 Å². The number of aryl methyl sites for hydroxylation is 2. The lowest BCUT2D eigenvalue weighted by Crippen LogP contribution is -2.35. The first kappa shape index (κ1) is 16.9. The highest BCUT2D eigenvalue weighted by Gasteiger charge is 2.20. The number of nitrogen functional groups attached to an aromatic ring is 1. The molecule has 4 aromatic heterocycles. The summed E-state index contributed by atoms with van der Waals surface area (Å²) in [4.78, 5) is 15.7. The highest BCUT2D eigenvalue weighted by molar-refractivity contribution is 5.65. The van der Waals surface area contributed by atoms with Gasteiger partial charge in [0.05, 0.1) is 24.1 Å². The lowest BCUT2D eigenvalue weighted by atomic mass is 10.2. The molecule has 0 aromatic carbocycles. The molecular weight excluding hydrogens is 358 g/mol. The van der Waals surface area contributed by atoms with Crippen molar-refractivity contribution in [1.29, 1.82) is 0 Å². The van der Waals surface area contributed by atoms with Crippen molar-refractivity contribution in [3.05, 3.63) is 41.3 Å². The zero-order chi connectivity index (χ0) is 19.3. The Morgan fingerprint density at radius 1 is 1.18 bits per heavy atom. The molecule has 0 amide bonds. The molecule has 5 rings (SSSR count). The summed E-state index contributed by atoms with van der Waals surface area (Å²) in [5.41, 5.74) is 10.5. The molecule has 5 heterocycles. The van der Waals surface area contributed by atoms with Gasteiger partial charge >= 0.3 is 0 Å². The van der Waals surface area contributed by atoms with Crippen LogP contribution in [0, 0.1) is 13.8 Å². The first-order valence-electron chi connectivity index (χ1n) is 9.26. The largest absolute Gasteiger partial charge is 0.443 e. The van der Waals surface area contributed by atoms with E-state index in [0.29, 0.717) is 17.2 Å². The van der Waals surface area contributed by atoms with E-state index < -0.39 is 0 Å². The molecule has 1 aliphatic rings. The molecule has 0 fully saturated rings. The van der Waals surface area contributed by atoms with E-state index in [1.54, 1.807) is 10.7 Å². The monoisotopic (exact) mass is 379 g/mol. The van der Waals surface area contributed by atoms with Gasteiger partial charge < -0.3 is 10.2 Å². The van der Waals surface area contributed by atoms with Gasteiger partial charge in [0.1, 0.15) is 12.0 Å². The number of hydrogen-bond acceptors (Lipinski definition) is 8. The number of oxazole rings is 1. The summed E-state index contributed by atoms with van der Waals surface area (Å²) in [5.74, 6) is 1.44. The maximum absolute atomic E-state index is 6.10. The van der Waals surface area contributed by atoms with Gasteiger partial charge in [0.15, 0.2) is 11.5 Å². The summed E-state index contributed by atoms with van der Waals surface area (Å²) in [6, 6.07) is 2.15. The van der Waals surface area contributed by atoms with E-state index >= 15 is 0 Å². The lowest BCUT2D eigenvalue weighted by Gasteiger charge is -2.26. The summed E-state index contributed by atoms with van der Waals surface area (Å²) >= 11 is 0. The Hall–Kier alpha value is -3.27. The first-order chi connectivity index (χ1) is 13.6. The Labute approximate surface area is 161 Å². The normalized spacial score (nSPS) is 14.6. The van der Waals surface area contributed by atoms with E-state index in [1.165, 1.54) is 12.0 Å². The van der Waals surface area contributed by atoms with Crippen LogP contribution in [-0.2, 0) is 19.5 Å². The molecule has 0 saturated carbocycles. The maximum atomic E-state index is 6.10. The van der Waals surface area contributed by atoms with Crippen molar-refractivity contribution in [2.45, 2.75) is 33.4 Å². The molecule has 1 aliphatic heterocycles. The highest BCUT2D eigenvalue weighted by Crippen LogP contribution is 2.24. The predicted octanol–water partition coefficient (Wildman–Crippen LogP) is 1.23. The van der Waals surface area contributed by atoms with Crippen molar-refractivity contribution in [2.24, 2.45) is 0 Å². The number of rotatable bonds is 4. The zero-order valence-corrected chi connectivity index (χ0v) is 15.8. The second kappa shape index (κ2) is 6.41. The van der Waals surface area contributed by atoms with Crippen LogP contribution in [0.4, 0.5) is 5.95 Å². The second-order valence-corrected chi connectivity index (χ2v) is 7.07. The summed E-state index contributed by atoms with van der Waals surface area (Å²) in [5, 5.41) is 9.06. The molecule has 0 spiro atoms. The van der Waals surface area contributed by atoms with Crippen LogP contribution in [-0.4, -0.2) is 52.3 Å². The number of fused-ring (bicyclic) bond motifs is 2. The fraction of sp³-hybridized carbons (Fsp3) is 0.389. The highest BCUT2D eigenvalue weighted by atomic mass is 16.3. The van der Waals surface area contributed by atoms with E-state index in [0.717, 1.165) is 49.7 Å². The number of aromatic nitrogens is 7. The van der Waals surface area contributed by atoms with Crippen LogP contribution < -0.4 is 5.73 Å². The molecule has 144 valence electrons. The van der Waals surface area contributed by atoms with Gasteiger partial charge in [-0.25, -0.2) is 15.0 Å². The molecular formula is C18H21N9O. The van der Waals surface area contributed by atoms with Crippen molar-refractivity contribution in [1.82, 2.24) is 39.2 Å². The minimum absolute atomic E-state index is 0.268. The molecule has 0 unspecified atom stereocenters. The van der Waals surface area contributed by atoms with Gasteiger partial charge in [0.2, 0.25) is 11.8 Å². The van der Waals surface area contributed by atoms with Crippen LogP contribution in [0.3, 0.4) is 0 Å². The number of anilines is 1. The van der Waals surface area contributed by atoms with Crippen molar-refractivity contribution in [3.63, 3.8) is 0 Å². The third kappa shape index (κ3) is 2.82. The van der Waals surface area contributed by atoms with Crippen molar-refractivity contribution < 1.29 is 4.42 Å². The number of nitrogens with two attached hydrogens (primary N) is 1. The van der Waals surface area contributed by atoms with Crippen LogP contribution in [0.15, 0.2) is 22.9 Å². The third-order valence-electron chi connectivity index (χ3n) is 5.07. The summed E-state index contributed by atoms with van der Waals surface area (Å²) in [7, 11) is 0. The number of hydrogen-bond donors (Lipinski definition) is 1. The van der Waals surface area contributed by atoms with Crippen LogP contribution in [0.5, 0.6) is 0 Å². The quantitative estimate of drug-likeness (QED) is 0.563. The zero-order valence-electron chi connectivity index (χ0n) is 15.8. The SMILES string of the molecule is Cc1cc2n(n1)CCN(CCc1nc3c(C)c(-c4ncco4)nc(N)n3n1)C2. The van der Waals surface area contributed by atoms with E-state index in [4.69, 9.17) is 15.1 Å². The predicted molar refractivity (Wildman–Crippen MR) is 101 cm³/mol. The molecule has 0 atom stereocenters. The molecule has 0 bridgehead atoms. The Morgan fingerprint density at radius 2 is 2.07 bits per heavy atom. The van der Waals surface area contributed by atoms with Gasteiger partial charge in [-0.05, 0) is 19.9 Å². The van der Waals surface area contributed by atoms with Crippen LogP contribution in [0.25, 0.3) is 17.2 Å². The maximum Gasteiger partial charge on any atom is 0.245 e. The van der Waals surface area contributed by atoms with Crippen LogP contribution >= 0.6 is 0 Å². The van der Waals surface area contributed by atoms with Gasteiger partial charge in [-0.15, -0.1) is 5.10 Å². The fourth-order valence-electron chi connectivity index (χ4n) is 3.68. The first-order valence-corrected chi connectivity index (χ1v) is 9.26. The molecule has 4 aromatic rings. The molecule has 10 nitrogen and oxygen atoms in total. The van der Waals surface area contributed by atoms with E-state index in [1.807, 2.05) is 13.8 Å². The summed E-state index contributed by atoms with van der Waals surface area (Å²) in [6.45, 7) is 7.61. The minimum Gasteiger partial charge on any atom is -0.443 e. The molecule has 2 N–H and O–H groups in total. The molecule has 0 saturated heterocycles. The lowest BCUT2D eigenvalue weighted by molar-refractivity contribution is 0.214. The molecule has 0 radical (unpaired) electrons. The average Bonchev–Trinajstić information content (AvgIpc) is 3.41. The Morgan fingerprint density at radius 3 is 2.89 bits per heavy atom. The Kier molecular flexibility index (Phi) is 3.86.